The molecule has 0 aliphatic rings. The molecule has 0 bridgehead atoms. The number of nitro groups is 1. The number of nitrogens with zero attached hydrogens (tertiary/aromatic N) is 1. The van der Waals surface area contributed by atoms with E-state index in [9.17, 15) is 14.9 Å². The van der Waals surface area contributed by atoms with Crippen molar-refractivity contribution in [1.82, 2.24) is 0 Å². The number of carbonyl (C=O) groups is 1. The topological polar surface area (TPSA) is 89.7 Å². The minimum absolute atomic E-state index is 0.127. The molecule has 0 amide bonds. The predicted octanol–water partition coefficient (Wildman–Crippen LogP) is 1.76. The first kappa shape index (κ1) is 12.0. The average molecular weight is 225 g/mol. The fourth-order valence-electron chi connectivity index (χ4n) is 1.07. The number of hydrogen-bond acceptors (Lipinski definition) is 4. The van der Waals surface area contributed by atoms with Gasteiger partial charge >= 0.3 is 5.97 Å². The average Bonchev–Trinajstić information content (AvgIpc) is 2.20. The van der Waals surface area contributed by atoms with E-state index in [2.05, 4.69) is 0 Å². The first-order chi connectivity index (χ1) is 7.41. The van der Waals surface area contributed by atoms with Crippen LogP contribution in [0.3, 0.4) is 0 Å². The quantitative estimate of drug-likeness (QED) is 0.622. The molecule has 0 saturated carbocycles. The molecule has 0 aliphatic heterocycles. The molecule has 0 heterocycles. The summed E-state index contributed by atoms with van der Waals surface area (Å²) in [6.07, 6.45) is -1.04. The van der Waals surface area contributed by atoms with Gasteiger partial charge in [0.15, 0.2) is 6.10 Å². The number of rotatable bonds is 4. The third-order valence-corrected chi connectivity index (χ3v) is 2.03. The maximum absolute atomic E-state index is 10.6. The van der Waals surface area contributed by atoms with Gasteiger partial charge in [-0.1, -0.05) is 0 Å². The van der Waals surface area contributed by atoms with E-state index in [1.165, 1.54) is 25.1 Å². The molecule has 0 aliphatic carbocycles. The summed E-state index contributed by atoms with van der Waals surface area (Å²) in [7, 11) is 0. The van der Waals surface area contributed by atoms with Crippen LogP contribution >= 0.6 is 0 Å². The molecule has 0 radical (unpaired) electrons. The highest BCUT2D eigenvalue weighted by molar-refractivity contribution is 5.72. The first-order valence-corrected chi connectivity index (χ1v) is 4.56. The van der Waals surface area contributed by atoms with E-state index in [1.54, 1.807) is 6.92 Å². The number of carboxylic acid groups (broad SMARTS) is 1. The summed E-state index contributed by atoms with van der Waals surface area (Å²) in [5.74, 6) is -0.907. The Labute approximate surface area is 91.6 Å². The van der Waals surface area contributed by atoms with Crippen molar-refractivity contribution in [2.24, 2.45) is 0 Å². The fraction of sp³-hybridized carbons (Fsp3) is 0.300. The highest BCUT2D eigenvalue weighted by Gasteiger charge is 2.16. The van der Waals surface area contributed by atoms with E-state index in [4.69, 9.17) is 9.84 Å². The predicted molar refractivity (Wildman–Crippen MR) is 55.6 cm³/mol. The summed E-state index contributed by atoms with van der Waals surface area (Å²) in [6.45, 7) is 3.05. The van der Waals surface area contributed by atoms with Crippen molar-refractivity contribution in [1.29, 1.82) is 0 Å². The summed E-state index contributed by atoms with van der Waals surface area (Å²) in [5.41, 5.74) is 0.525. The van der Waals surface area contributed by atoms with Crippen molar-refractivity contribution in [3.05, 3.63) is 33.9 Å². The normalized spacial score (nSPS) is 11.9. The van der Waals surface area contributed by atoms with Crippen LogP contribution in [-0.4, -0.2) is 22.1 Å². The number of carboxylic acids is 1. The Morgan fingerprint density at radius 1 is 1.56 bits per heavy atom. The van der Waals surface area contributed by atoms with Crippen LogP contribution in [0.15, 0.2) is 18.2 Å². The Morgan fingerprint density at radius 3 is 2.69 bits per heavy atom. The molecule has 1 aromatic rings. The van der Waals surface area contributed by atoms with Gasteiger partial charge in [-0.3, -0.25) is 10.1 Å². The summed E-state index contributed by atoms with van der Waals surface area (Å²) in [5, 5.41) is 19.2. The van der Waals surface area contributed by atoms with E-state index in [0.717, 1.165) is 0 Å². The second-order valence-electron chi connectivity index (χ2n) is 3.31. The van der Waals surface area contributed by atoms with Gasteiger partial charge in [-0.2, -0.15) is 0 Å². The largest absolute Gasteiger partial charge is 0.479 e. The lowest BCUT2D eigenvalue weighted by atomic mass is 10.2. The van der Waals surface area contributed by atoms with Crippen LogP contribution in [0.4, 0.5) is 5.69 Å². The standard InChI is InChI=1S/C10H11NO5/c1-6-3-4-8(11(14)15)5-9(6)16-7(2)10(12)13/h3-5,7H,1-2H3,(H,12,13)/t7-/m0/s1. The highest BCUT2D eigenvalue weighted by Crippen LogP contribution is 2.24. The van der Waals surface area contributed by atoms with Crippen molar-refractivity contribution in [2.75, 3.05) is 0 Å². The van der Waals surface area contributed by atoms with E-state index in [0.29, 0.717) is 5.56 Å². The van der Waals surface area contributed by atoms with Gasteiger partial charge < -0.3 is 9.84 Å². The van der Waals surface area contributed by atoms with Crippen LogP contribution in [0.2, 0.25) is 0 Å². The van der Waals surface area contributed by atoms with E-state index >= 15 is 0 Å². The van der Waals surface area contributed by atoms with Crippen LogP contribution < -0.4 is 4.74 Å². The number of nitro benzene ring substituents is 1. The van der Waals surface area contributed by atoms with Gasteiger partial charge in [-0.25, -0.2) is 4.79 Å². The van der Waals surface area contributed by atoms with Crippen molar-refractivity contribution in [3.63, 3.8) is 0 Å². The Hall–Kier alpha value is -2.11. The number of hydrogen-bond donors (Lipinski definition) is 1. The SMILES string of the molecule is Cc1ccc([N+](=O)[O-])cc1O[C@@H](C)C(=O)O. The molecule has 16 heavy (non-hydrogen) atoms. The summed E-state index contributed by atoms with van der Waals surface area (Å²) in [4.78, 5) is 20.5. The Morgan fingerprint density at radius 2 is 2.19 bits per heavy atom. The molecule has 0 aromatic heterocycles. The molecular weight excluding hydrogens is 214 g/mol. The molecule has 1 aromatic carbocycles. The van der Waals surface area contributed by atoms with E-state index in [-0.39, 0.29) is 11.4 Å². The molecular formula is C10H11NO5. The summed E-state index contributed by atoms with van der Waals surface area (Å²) in [6, 6.07) is 4.07. The van der Waals surface area contributed by atoms with Gasteiger partial charge in [0.25, 0.3) is 5.69 Å². The van der Waals surface area contributed by atoms with Gasteiger partial charge in [0, 0.05) is 6.07 Å². The molecule has 1 N–H and O–H groups in total. The summed E-state index contributed by atoms with van der Waals surface area (Å²) < 4.78 is 5.09. The minimum atomic E-state index is -1.12. The zero-order valence-corrected chi connectivity index (χ0v) is 8.84. The van der Waals surface area contributed by atoms with Crippen LogP contribution in [0, 0.1) is 17.0 Å². The monoisotopic (exact) mass is 225 g/mol. The van der Waals surface area contributed by atoms with Gasteiger partial charge in [-0.05, 0) is 25.5 Å². The maximum Gasteiger partial charge on any atom is 0.344 e. The molecule has 0 unspecified atom stereocenters. The Balaban J connectivity index is 2.98. The van der Waals surface area contributed by atoms with Crippen molar-refractivity contribution in [2.45, 2.75) is 20.0 Å². The second-order valence-corrected chi connectivity index (χ2v) is 3.31. The third kappa shape index (κ3) is 2.69. The van der Waals surface area contributed by atoms with E-state index < -0.39 is 17.0 Å². The van der Waals surface area contributed by atoms with Gasteiger partial charge in [0.2, 0.25) is 0 Å². The minimum Gasteiger partial charge on any atom is -0.479 e. The molecule has 1 rings (SSSR count). The van der Waals surface area contributed by atoms with Gasteiger partial charge in [0.05, 0.1) is 11.0 Å². The smallest absolute Gasteiger partial charge is 0.344 e. The van der Waals surface area contributed by atoms with Gasteiger partial charge in [-0.15, -0.1) is 0 Å². The number of aliphatic carboxylic acids is 1. The first-order valence-electron chi connectivity index (χ1n) is 4.56. The number of non-ortho nitro benzene ring substituents is 1. The molecule has 6 heteroatoms. The van der Waals surface area contributed by atoms with Crippen molar-refractivity contribution >= 4 is 11.7 Å². The van der Waals surface area contributed by atoms with Gasteiger partial charge in [0.1, 0.15) is 5.75 Å². The van der Waals surface area contributed by atoms with Crippen LogP contribution in [0.25, 0.3) is 0 Å². The zero-order chi connectivity index (χ0) is 12.3. The number of benzene rings is 1. The molecule has 6 nitrogen and oxygen atoms in total. The summed E-state index contributed by atoms with van der Waals surface area (Å²) >= 11 is 0. The lowest BCUT2D eigenvalue weighted by Gasteiger charge is -2.12. The Bertz CT molecular complexity index is 429. The lowest BCUT2D eigenvalue weighted by molar-refractivity contribution is -0.385. The van der Waals surface area contributed by atoms with E-state index in [1.807, 2.05) is 0 Å². The molecule has 1 atom stereocenters. The zero-order valence-electron chi connectivity index (χ0n) is 8.84. The Kier molecular flexibility index (Phi) is 3.44. The van der Waals surface area contributed by atoms with Crippen LogP contribution in [-0.2, 0) is 4.79 Å². The highest BCUT2D eigenvalue weighted by atomic mass is 16.6. The van der Waals surface area contributed by atoms with Crippen LogP contribution in [0.1, 0.15) is 12.5 Å². The fourth-order valence-corrected chi connectivity index (χ4v) is 1.07. The molecule has 0 spiro atoms. The third-order valence-electron chi connectivity index (χ3n) is 2.03. The number of ether oxygens (including phenoxy) is 1. The number of aryl methyl sites for hydroxylation is 1. The lowest BCUT2D eigenvalue weighted by Crippen LogP contribution is -2.23. The maximum atomic E-state index is 10.6. The van der Waals surface area contributed by atoms with Crippen molar-refractivity contribution in [3.8, 4) is 5.75 Å². The molecule has 0 saturated heterocycles. The second kappa shape index (κ2) is 4.61. The van der Waals surface area contributed by atoms with Crippen LogP contribution in [0.5, 0.6) is 5.75 Å². The van der Waals surface area contributed by atoms with Crippen molar-refractivity contribution < 1.29 is 19.6 Å². The molecule has 86 valence electrons. The molecule has 0 fully saturated rings.